The summed E-state index contributed by atoms with van der Waals surface area (Å²) in [5.74, 6) is 2.04. The molecule has 0 spiro atoms. The van der Waals surface area contributed by atoms with Crippen LogP contribution in [0.2, 0.25) is 0 Å². The first-order valence-corrected chi connectivity index (χ1v) is 4.73. The summed E-state index contributed by atoms with van der Waals surface area (Å²) in [6.07, 6.45) is -0.0209. The number of rotatable bonds is 0. The van der Waals surface area contributed by atoms with Crippen molar-refractivity contribution in [3.8, 4) is 5.75 Å². The minimum Gasteiger partial charge on any atom is -0.464 e. The van der Waals surface area contributed by atoms with E-state index in [1.54, 1.807) is 0 Å². The first-order valence-electron chi connectivity index (χ1n) is 4.73. The summed E-state index contributed by atoms with van der Waals surface area (Å²) in [6, 6.07) is 8.23. The predicted molar refractivity (Wildman–Crippen MR) is 48.7 cm³/mol. The van der Waals surface area contributed by atoms with Gasteiger partial charge < -0.3 is 9.47 Å². The third-order valence-corrected chi connectivity index (χ3v) is 2.95. The summed E-state index contributed by atoms with van der Waals surface area (Å²) >= 11 is 0. The molecule has 1 aromatic carbocycles. The van der Waals surface area contributed by atoms with E-state index in [2.05, 4.69) is 19.1 Å². The average Bonchev–Trinajstić information content (AvgIpc) is 2.66. The van der Waals surface area contributed by atoms with Gasteiger partial charge in [0.1, 0.15) is 5.75 Å². The second-order valence-corrected chi connectivity index (χ2v) is 3.86. The van der Waals surface area contributed by atoms with Crippen molar-refractivity contribution >= 4 is 0 Å². The molecule has 2 aliphatic heterocycles. The summed E-state index contributed by atoms with van der Waals surface area (Å²) in [5, 5.41) is 0. The molecule has 68 valence electrons. The molecule has 1 fully saturated rings. The zero-order chi connectivity index (χ0) is 8.84. The summed E-state index contributed by atoms with van der Waals surface area (Å²) in [5.41, 5.74) is 1.32. The van der Waals surface area contributed by atoms with E-state index >= 15 is 0 Å². The topological polar surface area (TPSA) is 18.5 Å². The SMILES string of the molecule is CC1CO[C@H]2Oc3ccccc3[C@@H]12. The molecule has 3 atom stereocenters. The molecule has 2 nitrogen and oxygen atoms in total. The first-order chi connectivity index (χ1) is 6.36. The van der Waals surface area contributed by atoms with Crippen molar-refractivity contribution in [2.45, 2.75) is 19.1 Å². The van der Waals surface area contributed by atoms with Crippen LogP contribution in [-0.2, 0) is 4.74 Å². The second kappa shape index (κ2) is 2.48. The van der Waals surface area contributed by atoms with Crippen LogP contribution >= 0.6 is 0 Å². The molecule has 2 aliphatic rings. The Morgan fingerprint density at radius 2 is 2.15 bits per heavy atom. The maximum absolute atomic E-state index is 5.68. The van der Waals surface area contributed by atoms with Crippen LogP contribution < -0.4 is 4.74 Å². The van der Waals surface area contributed by atoms with Crippen LogP contribution in [0.25, 0.3) is 0 Å². The lowest BCUT2D eigenvalue weighted by Crippen LogP contribution is -2.15. The van der Waals surface area contributed by atoms with E-state index in [0.29, 0.717) is 11.8 Å². The van der Waals surface area contributed by atoms with Crippen molar-refractivity contribution in [3.63, 3.8) is 0 Å². The van der Waals surface area contributed by atoms with Gasteiger partial charge in [-0.2, -0.15) is 0 Å². The van der Waals surface area contributed by atoms with Gasteiger partial charge in [0.2, 0.25) is 6.29 Å². The fraction of sp³-hybridized carbons (Fsp3) is 0.455. The molecule has 2 heterocycles. The summed E-state index contributed by atoms with van der Waals surface area (Å²) in [6.45, 7) is 3.04. The van der Waals surface area contributed by atoms with E-state index in [9.17, 15) is 0 Å². The molecule has 1 unspecified atom stereocenters. The molecule has 2 heteroatoms. The van der Waals surface area contributed by atoms with Gasteiger partial charge in [0, 0.05) is 5.56 Å². The van der Waals surface area contributed by atoms with E-state index < -0.39 is 0 Å². The fourth-order valence-electron chi connectivity index (χ4n) is 2.27. The van der Waals surface area contributed by atoms with Crippen molar-refractivity contribution in [1.82, 2.24) is 0 Å². The highest BCUT2D eigenvalue weighted by Crippen LogP contribution is 2.46. The Kier molecular flexibility index (Phi) is 1.41. The van der Waals surface area contributed by atoms with Gasteiger partial charge in [-0.25, -0.2) is 0 Å². The second-order valence-electron chi connectivity index (χ2n) is 3.86. The maximum Gasteiger partial charge on any atom is 0.207 e. The van der Waals surface area contributed by atoms with Crippen molar-refractivity contribution < 1.29 is 9.47 Å². The molecule has 0 aromatic heterocycles. The van der Waals surface area contributed by atoms with Crippen LogP contribution in [0.15, 0.2) is 24.3 Å². The van der Waals surface area contributed by atoms with E-state index in [1.165, 1.54) is 5.56 Å². The molecule has 0 saturated carbocycles. The summed E-state index contributed by atoms with van der Waals surface area (Å²) in [7, 11) is 0. The third-order valence-electron chi connectivity index (χ3n) is 2.95. The van der Waals surface area contributed by atoms with Crippen LogP contribution in [0, 0.1) is 5.92 Å². The highest BCUT2D eigenvalue weighted by molar-refractivity contribution is 5.41. The van der Waals surface area contributed by atoms with Gasteiger partial charge in [-0.15, -0.1) is 0 Å². The molecule has 0 bridgehead atoms. The van der Waals surface area contributed by atoms with Crippen LogP contribution in [0.1, 0.15) is 18.4 Å². The van der Waals surface area contributed by atoms with Gasteiger partial charge in [-0.05, 0) is 12.0 Å². The van der Waals surface area contributed by atoms with Crippen LogP contribution in [0.5, 0.6) is 5.75 Å². The monoisotopic (exact) mass is 176 g/mol. The van der Waals surface area contributed by atoms with E-state index in [1.807, 2.05) is 12.1 Å². The Balaban J connectivity index is 2.08. The summed E-state index contributed by atoms with van der Waals surface area (Å²) < 4.78 is 11.2. The molecular weight excluding hydrogens is 164 g/mol. The molecule has 3 rings (SSSR count). The molecule has 0 N–H and O–H groups in total. The minimum absolute atomic E-state index is 0.0209. The van der Waals surface area contributed by atoms with Crippen LogP contribution in [0.3, 0.4) is 0 Å². The van der Waals surface area contributed by atoms with Crippen molar-refractivity contribution in [2.75, 3.05) is 6.61 Å². The number of hydrogen-bond donors (Lipinski definition) is 0. The highest BCUT2D eigenvalue weighted by Gasteiger charge is 2.43. The average molecular weight is 176 g/mol. The Labute approximate surface area is 77.5 Å². The number of ether oxygens (including phenoxy) is 2. The Hall–Kier alpha value is -1.02. The standard InChI is InChI=1S/C11H12O2/c1-7-6-12-11-10(7)8-4-2-3-5-9(8)13-11/h2-5,7,10-11H,6H2,1H3/t7?,10-,11+/m1/s1. The predicted octanol–water partition coefficient (Wildman–Crippen LogP) is 2.16. The molecule has 13 heavy (non-hydrogen) atoms. The van der Waals surface area contributed by atoms with E-state index in [-0.39, 0.29) is 6.29 Å². The molecule has 1 saturated heterocycles. The van der Waals surface area contributed by atoms with Gasteiger partial charge in [0.15, 0.2) is 0 Å². The van der Waals surface area contributed by atoms with Gasteiger partial charge in [-0.3, -0.25) is 0 Å². The number of fused-ring (bicyclic) bond motifs is 3. The molecular formula is C11H12O2. The molecule has 0 aliphatic carbocycles. The van der Waals surface area contributed by atoms with Gasteiger partial charge in [0.05, 0.1) is 12.5 Å². The molecule has 0 radical (unpaired) electrons. The number of hydrogen-bond acceptors (Lipinski definition) is 2. The normalized spacial score (nSPS) is 35.3. The van der Waals surface area contributed by atoms with Crippen LogP contribution in [0.4, 0.5) is 0 Å². The lowest BCUT2D eigenvalue weighted by molar-refractivity contribution is -0.0340. The minimum atomic E-state index is -0.0209. The van der Waals surface area contributed by atoms with Crippen LogP contribution in [-0.4, -0.2) is 12.9 Å². The first kappa shape index (κ1) is 7.39. The highest BCUT2D eigenvalue weighted by atomic mass is 16.7. The Bertz CT molecular complexity index is 335. The smallest absolute Gasteiger partial charge is 0.207 e. The summed E-state index contributed by atoms with van der Waals surface area (Å²) in [4.78, 5) is 0. The zero-order valence-corrected chi connectivity index (χ0v) is 7.57. The number of benzene rings is 1. The lowest BCUT2D eigenvalue weighted by Gasteiger charge is -2.09. The zero-order valence-electron chi connectivity index (χ0n) is 7.57. The van der Waals surface area contributed by atoms with Gasteiger partial charge in [0.25, 0.3) is 0 Å². The van der Waals surface area contributed by atoms with Crippen molar-refractivity contribution in [2.24, 2.45) is 5.92 Å². The molecule has 0 amide bonds. The molecule has 1 aromatic rings. The van der Waals surface area contributed by atoms with E-state index in [0.717, 1.165) is 12.4 Å². The Morgan fingerprint density at radius 1 is 1.31 bits per heavy atom. The third kappa shape index (κ3) is 0.923. The largest absolute Gasteiger partial charge is 0.464 e. The van der Waals surface area contributed by atoms with Crippen molar-refractivity contribution in [3.05, 3.63) is 29.8 Å². The Morgan fingerprint density at radius 3 is 3.08 bits per heavy atom. The lowest BCUT2D eigenvalue weighted by atomic mass is 9.90. The van der Waals surface area contributed by atoms with Crippen molar-refractivity contribution in [1.29, 1.82) is 0 Å². The fourth-order valence-corrected chi connectivity index (χ4v) is 2.27. The maximum atomic E-state index is 5.68. The quantitative estimate of drug-likeness (QED) is 0.603. The van der Waals surface area contributed by atoms with Gasteiger partial charge in [-0.1, -0.05) is 25.1 Å². The van der Waals surface area contributed by atoms with Gasteiger partial charge >= 0.3 is 0 Å². The van der Waals surface area contributed by atoms with E-state index in [4.69, 9.17) is 9.47 Å². The number of para-hydroxylation sites is 1.